The Kier molecular flexibility index (Phi) is 6.44. The summed E-state index contributed by atoms with van der Waals surface area (Å²) in [5, 5.41) is 1.75. The molecule has 0 atom stereocenters. The topological polar surface area (TPSA) is 38.3 Å². The Morgan fingerprint density at radius 3 is 2.50 bits per heavy atom. The quantitative estimate of drug-likeness (QED) is 0.591. The van der Waals surface area contributed by atoms with Crippen molar-refractivity contribution in [3.8, 4) is 0 Å². The van der Waals surface area contributed by atoms with Crippen LogP contribution >= 0.6 is 0 Å². The van der Waals surface area contributed by atoms with E-state index in [0.717, 1.165) is 5.56 Å². The summed E-state index contributed by atoms with van der Waals surface area (Å²) < 4.78 is 54.0. The maximum atomic E-state index is 12.5. The van der Waals surface area contributed by atoms with Crippen LogP contribution < -0.4 is 5.32 Å². The molecule has 1 aromatic carbocycles. The van der Waals surface area contributed by atoms with Gasteiger partial charge in [0.05, 0.1) is 6.61 Å². The molecule has 112 valence electrons. The van der Waals surface area contributed by atoms with E-state index in [2.05, 4.69) is 0 Å². The molecule has 0 saturated heterocycles. The average molecular weight is 293 g/mol. The molecule has 1 amide bonds. The fraction of sp³-hybridized carbons (Fsp3) is 0.462. The molecule has 0 fully saturated rings. The summed E-state index contributed by atoms with van der Waals surface area (Å²) in [6.07, 6.45) is -3.74. The van der Waals surface area contributed by atoms with Crippen molar-refractivity contribution in [1.29, 1.82) is 0 Å². The first-order chi connectivity index (χ1) is 9.44. The number of ether oxygens (including phenoxy) is 1. The molecule has 1 aromatic rings. The van der Waals surface area contributed by atoms with Gasteiger partial charge < -0.3 is 10.1 Å². The third-order valence-electron chi connectivity index (χ3n) is 2.44. The summed E-state index contributed by atoms with van der Waals surface area (Å²) in [4.78, 5) is 10.8. The molecule has 0 aliphatic carbocycles. The second-order valence-corrected chi connectivity index (χ2v) is 4.07. The van der Waals surface area contributed by atoms with Crippen LogP contribution in [0.25, 0.3) is 0 Å². The molecule has 1 rings (SSSR count). The number of rotatable bonds is 8. The molecule has 0 bridgehead atoms. The van der Waals surface area contributed by atoms with Gasteiger partial charge in [0.2, 0.25) is 0 Å². The normalized spacial score (nSPS) is 11.7. The second-order valence-electron chi connectivity index (χ2n) is 4.07. The number of carbonyl (C=O) groups is 1. The zero-order chi connectivity index (χ0) is 15.0. The third kappa shape index (κ3) is 5.16. The Bertz CT molecular complexity index is 412. The van der Waals surface area contributed by atoms with Crippen molar-refractivity contribution < 1.29 is 27.1 Å². The molecule has 7 heteroatoms. The van der Waals surface area contributed by atoms with E-state index < -0.39 is 18.3 Å². The Balaban J connectivity index is 2.12. The summed E-state index contributed by atoms with van der Waals surface area (Å²) >= 11 is 0. The monoisotopic (exact) mass is 293 g/mol. The Hall–Kier alpha value is -1.63. The maximum Gasteiger partial charge on any atom is 0.383 e. The third-order valence-corrected chi connectivity index (χ3v) is 2.44. The van der Waals surface area contributed by atoms with Crippen molar-refractivity contribution in [3.05, 3.63) is 35.9 Å². The van der Waals surface area contributed by atoms with Crippen LogP contribution in [0, 0.1) is 0 Å². The van der Waals surface area contributed by atoms with Gasteiger partial charge in [-0.05, 0) is 12.0 Å². The zero-order valence-corrected chi connectivity index (χ0v) is 10.6. The van der Waals surface area contributed by atoms with Gasteiger partial charge in [-0.1, -0.05) is 30.3 Å². The van der Waals surface area contributed by atoms with Gasteiger partial charge in [-0.2, -0.15) is 8.78 Å². The number of hydrogen-bond acceptors (Lipinski definition) is 2. The molecule has 1 N–H and O–H groups in total. The van der Waals surface area contributed by atoms with Crippen LogP contribution in [0.2, 0.25) is 0 Å². The lowest BCUT2D eigenvalue weighted by Crippen LogP contribution is -2.45. The minimum atomic E-state index is -4.65. The van der Waals surface area contributed by atoms with Gasteiger partial charge in [0.1, 0.15) is 0 Å². The number of halogens is 4. The lowest BCUT2D eigenvalue weighted by atomic mass is 10.2. The highest BCUT2D eigenvalue weighted by molar-refractivity contribution is 5.83. The van der Waals surface area contributed by atoms with Crippen molar-refractivity contribution in [2.75, 3.05) is 13.2 Å². The SMILES string of the molecule is O=C(NCCCOCc1ccccc1)C(F)(F)C(F)F. The average Bonchev–Trinajstić information content (AvgIpc) is 2.43. The fourth-order valence-electron chi connectivity index (χ4n) is 1.36. The van der Waals surface area contributed by atoms with Crippen LogP contribution in [0.3, 0.4) is 0 Å². The molecule has 0 heterocycles. The van der Waals surface area contributed by atoms with Gasteiger partial charge in [0.25, 0.3) is 5.91 Å². The van der Waals surface area contributed by atoms with E-state index in [1.54, 1.807) is 5.32 Å². The zero-order valence-electron chi connectivity index (χ0n) is 10.6. The summed E-state index contributed by atoms with van der Waals surface area (Å²) in [5.41, 5.74) is 0.959. The van der Waals surface area contributed by atoms with Crippen molar-refractivity contribution in [2.45, 2.75) is 25.4 Å². The number of amides is 1. The number of hydrogen-bond donors (Lipinski definition) is 1. The van der Waals surface area contributed by atoms with Crippen LogP contribution in [0.5, 0.6) is 0 Å². The predicted molar refractivity (Wildman–Crippen MR) is 64.7 cm³/mol. The fourth-order valence-corrected chi connectivity index (χ4v) is 1.36. The highest BCUT2D eigenvalue weighted by atomic mass is 19.3. The van der Waals surface area contributed by atoms with Crippen LogP contribution in [-0.4, -0.2) is 31.4 Å². The molecular formula is C13H15F4NO2. The maximum absolute atomic E-state index is 12.5. The van der Waals surface area contributed by atoms with Gasteiger partial charge >= 0.3 is 12.3 Å². The largest absolute Gasteiger partial charge is 0.383 e. The molecule has 3 nitrogen and oxygen atoms in total. The molecule has 0 aliphatic heterocycles. The van der Waals surface area contributed by atoms with E-state index in [4.69, 9.17) is 4.74 Å². The van der Waals surface area contributed by atoms with Gasteiger partial charge in [-0.3, -0.25) is 4.79 Å². The van der Waals surface area contributed by atoms with E-state index in [1.807, 2.05) is 30.3 Å². The number of benzene rings is 1. The lowest BCUT2D eigenvalue weighted by molar-refractivity contribution is -0.169. The highest BCUT2D eigenvalue weighted by Gasteiger charge is 2.48. The second kappa shape index (κ2) is 7.84. The number of carbonyl (C=O) groups excluding carboxylic acids is 1. The summed E-state index contributed by atoms with van der Waals surface area (Å²) in [6.45, 7) is 0.452. The van der Waals surface area contributed by atoms with Gasteiger partial charge in [0.15, 0.2) is 0 Å². The van der Waals surface area contributed by atoms with E-state index >= 15 is 0 Å². The first kappa shape index (κ1) is 16.4. The summed E-state index contributed by atoms with van der Waals surface area (Å²) in [5.74, 6) is -6.61. The summed E-state index contributed by atoms with van der Waals surface area (Å²) in [7, 11) is 0. The lowest BCUT2D eigenvalue weighted by Gasteiger charge is -2.14. The van der Waals surface area contributed by atoms with E-state index in [0.29, 0.717) is 6.61 Å². The van der Waals surface area contributed by atoms with E-state index in [9.17, 15) is 22.4 Å². The molecule has 0 spiro atoms. The molecule has 0 radical (unpaired) electrons. The van der Waals surface area contributed by atoms with Crippen LogP contribution in [0.15, 0.2) is 30.3 Å². The molecule has 0 aliphatic rings. The molecule has 0 aromatic heterocycles. The molecule has 0 saturated carbocycles. The molecular weight excluding hydrogens is 278 g/mol. The molecule has 20 heavy (non-hydrogen) atoms. The predicted octanol–water partition coefficient (Wildman–Crippen LogP) is 2.61. The Labute approximate surface area is 113 Å². The van der Waals surface area contributed by atoms with Gasteiger partial charge in [0, 0.05) is 13.2 Å². The smallest absolute Gasteiger partial charge is 0.377 e. The standard InChI is InChI=1S/C13H15F4NO2/c14-11(15)13(16,17)12(19)18-7-4-8-20-9-10-5-2-1-3-6-10/h1-3,5-6,11H,4,7-9H2,(H,18,19). The van der Waals surface area contributed by atoms with Crippen molar-refractivity contribution in [3.63, 3.8) is 0 Å². The minimum Gasteiger partial charge on any atom is -0.377 e. The van der Waals surface area contributed by atoms with Crippen molar-refractivity contribution in [2.24, 2.45) is 0 Å². The van der Waals surface area contributed by atoms with E-state index in [1.165, 1.54) is 0 Å². The van der Waals surface area contributed by atoms with Crippen molar-refractivity contribution >= 4 is 5.91 Å². The van der Waals surface area contributed by atoms with E-state index in [-0.39, 0.29) is 19.6 Å². The Morgan fingerprint density at radius 1 is 1.25 bits per heavy atom. The minimum absolute atomic E-state index is 0.143. The summed E-state index contributed by atoms with van der Waals surface area (Å²) in [6, 6.07) is 9.30. The van der Waals surface area contributed by atoms with Crippen LogP contribution in [0.4, 0.5) is 17.6 Å². The first-order valence-electron chi connectivity index (χ1n) is 6.00. The molecule has 0 unspecified atom stereocenters. The number of alkyl halides is 4. The van der Waals surface area contributed by atoms with Crippen LogP contribution in [-0.2, 0) is 16.1 Å². The van der Waals surface area contributed by atoms with Crippen LogP contribution in [0.1, 0.15) is 12.0 Å². The first-order valence-corrected chi connectivity index (χ1v) is 6.00. The van der Waals surface area contributed by atoms with Crippen molar-refractivity contribution in [1.82, 2.24) is 5.32 Å². The highest BCUT2D eigenvalue weighted by Crippen LogP contribution is 2.22. The Morgan fingerprint density at radius 2 is 1.90 bits per heavy atom. The van der Waals surface area contributed by atoms with Gasteiger partial charge in [-0.15, -0.1) is 0 Å². The van der Waals surface area contributed by atoms with Gasteiger partial charge in [-0.25, -0.2) is 8.78 Å². The number of nitrogens with one attached hydrogen (secondary N) is 1.